The van der Waals surface area contributed by atoms with Crippen molar-refractivity contribution in [3.63, 3.8) is 0 Å². The summed E-state index contributed by atoms with van der Waals surface area (Å²) in [5, 5.41) is 2.67. The summed E-state index contributed by atoms with van der Waals surface area (Å²) in [5.41, 5.74) is 2.71. The SMILES string of the molecule is COC(=O)CCNC(=O)c1ccc2nc(Cc3ccc(OC)cc3)oc2c1. The Kier molecular flexibility index (Phi) is 5.71. The number of methoxy groups -OCH3 is 2. The molecule has 1 aromatic heterocycles. The van der Waals surface area contributed by atoms with Crippen LogP contribution in [0.25, 0.3) is 11.1 Å². The molecule has 1 heterocycles. The molecule has 0 saturated carbocycles. The van der Waals surface area contributed by atoms with Gasteiger partial charge >= 0.3 is 5.97 Å². The number of carbonyl (C=O) groups is 2. The highest BCUT2D eigenvalue weighted by atomic mass is 16.5. The van der Waals surface area contributed by atoms with Crippen molar-refractivity contribution in [1.29, 1.82) is 0 Å². The monoisotopic (exact) mass is 368 g/mol. The van der Waals surface area contributed by atoms with Gasteiger partial charge in [-0.05, 0) is 35.9 Å². The summed E-state index contributed by atoms with van der Waals surface area (Å²) >= 11 is 0. The molecule has 7 nitrogen and oxygen atoms in total. The van der Waals surface area contributed by atoms with Crippen LogP contribution in [0.4, 0.5) is 0 Å². The molecule has 0 radical (unpaired) electrons. The van der Waals surface area contributed by atoms with E-state index >= 15 is 0 Å². The minimum atomic E-state index is -0.371. The van der Waals surface area contributed by atoms with E-state index in [0.29, 0.717) is 29.0 Å². The molecule has 0 aliphatic carbocycles. The van der Waals surface area contributed by atoms with Crippen molar-refractivity contribution in [3.8, 4) is 5.75 Å². The van der Waals surface area contributed by atoms with Crippen LogP contribution < -0.4 is 10.1 Å². The third-order valence-corrected chi connectivity index (χ3v) is 4.05. The van der Waals surface area contributed by atoms with Crippen LogP contribution in [0.15, 0.2) is 46.9 Å². The van der Waals surface area contributed by atoms with Crippen molar-refractivity contribution >= 4 is 23.0 Å². The quantitative estimate of drug-likeness (QED) is 0.645. The molecular formula is C20H20N2O5. The zero-order valence-corrected chi connectivity index (χ0v) is 15.2. The number of carbonyl (C=O) groups excluding carboxylic acids is 2. The Labute approximate surface area is 156 Å². The molecule has 0 atom stereocenters. The molecule has 0 aliphatic heterocycles. The summed E-state index contributed by atoms with van der Waals surface area (Å²) in [6.07, 6.45) is 0.665. The van der Waals surface area contributed by atoms with Gasteiger partial charge in [-0.15, -0.1) is 0 Å². The van der Waals surface area contributed by atoms with Crippen LogP contribution in [-0.4, -0.2) is 37.6 Å². The Hall–Kier alpha value is -3.35. The van der Waals surface area contributed by atoms with Crippen molar-refractivity contribution in [3.05, 3.63) is 59.5 Å². The van der Waals surface area contributed by atoms with Gasteiger partial charge in [-0.3, -0.25) is 9.59 Å². The van der Waals surface area contributed by atoms with Gasteiger partial charge in [-0.2, -0.15) is 0 Å². The highest BCUT2D eigenvalue weighted by Gasteiger charge is 2.12. The van der Waals surface area contributed by atoms with E-state index in [-0.39, 0.29) is 24.8 Å². The molecule has 27 heavy (non-hydrogen) atoms. The molecule has 0 unspecified atom stereocenters. The van der Waals surface area contributed by atoms with Gasteiger partial charge < -0.3 is 19.2 Å². The number of benzene rings is 2. The van der Waals surface area contributed by atoms with E-state index in [0.717, 1.165) is 11.3 Å². The number of aromatic nitrogens is 1. The fourth-order valence-electron chi connectivity index (χ4n) is 2.59. The molecule has 0 aliphatic rings. The molecule has 0 saturated heterocycles. The molecule has 140 valence electrons. The number of oxazole rings is 1. The Morgan fingerprint density at radius 2 is 1.89 bits per heavy atom. The summed E-state index contributed by atoms with van der Waals surface area (Å²) in [5.74, 6) is 0.704. The maximum absolute atomic E-state index is 12.2. The van der Waals surface area contributed by atoms with Crippen LogP contribution in [0, 0.1) is 0 Å². The predicted octanol–water partition coefficient (Wildman–Crippen LogP) is 2.72. The van der Waals surface area contributed by atoms with Crippen molar-refractivity contribution in [2.24, 2.45) is 0 Å². The standard InChI is InChI=1S/C20H20N2O5/c1-25-15-6-3-13(4-7-15)11-18-22-16-8-5-14(12-17(16)27-18)20(24)21-10-9-19(23)26-2/h3-8,12H,9-11H2,1-2H3,(H,21,24). The number of hydrogen-bond donors (Lipinski definition) is 1. The van der Waals surface area contributed by atoms with Crippen molar-refractivity contribution in [2.75, 3.05) is 20.8 Å². The number of ether oxygens (including phenoxy) is 2. The van der Waals surface area contributed by atoms with E-state index in [1.165, 1.54) is 7.11 Å². The summed E-state index contributed by atoms with van der Waals surface area (Å²) < 4.78 is 15.5. The Balaban J connectivity index is 1.68. The summed E-state index contributed by atoms with van der Waals surface area (Å²) in [4.78, 5) is 27.7. The summed E-state index contributed by atoms with van der Waals surface area (Å²) in [6.45, 7) is 0.211. The fourth-order valence-corrected chi connectivity index (χ4v) is 2.59. The lowest BCUT2D eigenvalue weighted by Crippen LogP contribution is -2.26. The minimum absolute atomic E-state index is 0.124. The molecule has 2 aromatic carbocycles. The van der Waals surface area contributed by atoms with Gasteiger partial charge in [0.15, 0.2) is 11.5 Å². The van der Waals surface area contributed by atoms with Crippen LogP contribution in [0.3, 0.4) is 0 Å². The first kappa shape index (κ1) is 18.4. The molecular weight excluding hydrogens is 348 g/mol. The average molecular weight is 368 g/mol. The lowest BCUT2D eigenvalue weighted by Gasteiger charge is -2.04. The van der Waals surface area contributed by atoms with E-state index in [9.17, 15) is 9.59 Å². The number of nitrogens with zero attached hydrogens (tertiary/aromatic N) is 1. The third kappa shape index (κ3) is 4.63. The maximum Gasteiger partial charge on any atom is 0.307 e. The normalized spacial score (nSPS) is 10.6. The topological polar surface area (TPSA) is 90.7 Å². The molecule has 0 spiro atoms. The Morgan fingerprint density at radius 1 is 1.11 bits per heavy atom. The zero-order chi connectivity index (χ0) is 19.2. The van der Waals surface area contributed by atoms with Gasteiger partial charge in [-0.25, -0.2) is 4.98 Å². The fraction of sp³-hybridized carbons (Fsp3) is 0.250. The number of rotatable bonds is 7. The predicted molar refractivity (Wildman–Crippen MR) is 98.8 cm³/mol. The smallest absolute Gasteiger partial charge is 0.307 e. The molecule has 0 fully saturated rings. The summed E-state index contributed by atoms with van der Waals surface area (Å²) in [6, 6.07) is 12.7. The molecule has 1 N–H and O–H groups in total. The second-order valence-corrected chi connectivity index (χ2v) is 5.90. The van der Waals surface area contributed by atoms with Crippen molar-refractivity contribution in [1.82, 2.24) is 10.3 Å². The first-order valence-corrected chi connectivity index (χ1v) is 8.46. The van der Waals surface area contributed by atoms with E-state index < -0.39 is 0 Å². The molecule has 0 bridgehead atoms. The van der Waals surface area contributed by atoms with Crippen LogP contribution in [0.2, 0.25) is 0 Å². The lowest BCUT2D eigenvalue weighted by atomic mass is 10.1. The molecule has 7 heteroatoms. The van der Waals surface area contributed by atoms with Gasteiger partial charge in [0, 0.05) is 18.5 Å². The van der Waals surface area contributed by atoms with Gasteiger partial charge in [0.2, 0.25) is 0 Å². The van der Waals surface area contributed by atoms with E-state index in [1.54, 1.807) is 25.3 Å². The van der Waals surface area contributed by atoms with Gasteiger partial charge in [-0.1, -0.05) is 12.1 Å². The van der Waals surface area contributed by atoms with Crippen molar-refractivity contribution < 1.29 is 23.5 Å². The highest BCUT2D eigenvalue weighted by molar-refractivity contribution is 5.97. The number of fused-ring (bicyclic) bond motifs is 1. The number of esters is 1. The average Bonchev–Trinajstić information content (AvgIpc) is 3.09. The molecule has 3 aromatic rings. The van der Waals surface area contributed by atoms with E-state index in [2.05, 4.69) is 15.0 Å². The second-order valence-electron chi connectivity index (χ2n) is 5.90. The molecule has 1 amide bonds. The van der Waals surface area contributed by atoms with Gasteiger partial charge in [0.05, 0.1) is 20.6 Å². The van der Waals surface area contributed by atoms with Crippen LogP contribution in [-0.2, 0) is 16.0 Å². The number of amides is 1. The summed E-state index contributed by atoms with van der Waals surface area (Å²) in [7, 11) is 2.94. The van der Waals surface area contributed by atoms with Gasteiger partial charge in [0.1, 0.15) is 11.3 Å². The van der Waals surface area contributed by atoms with Crippen LogP contribution in [0.5, 0.6) is 5.75 Å². The number of hydrogen-bond acceptors (Lipinski definition) is 6. The first-order valence-electron chi connectivity index (χ1n) is 8.46. The maximum atomic E-state index is 12.2. The van der Waals surface area contributed by atoms with Gasteiger partial charge in [0.25, 0.3) is 5.91 Å². The Morgan fingerprint density at radius 3 is 2.59 bits per heavy atom. The first-order chi connectivity index (χ1) is 13.1. The Bertz CT molecular complexity index is 947. The number of nitrogens with one attached hydrogen (secondary N) is 1. The van der Waals surface area contributed by atoms with E-state index in [1.807, 2.05) is 24.3 Å². The van der Waals surface area contributed by atoms with Crippen LogP contribution >= 0.6 is 0 Å². The second kappa shape index (κ2) is 8.35. The van der Waals surface area contributed by atoms with E-state index in [4.69, 9.17) is 9.15 Å². The van der Waals surface area contributed by atoms with Crippen LogP contribution in [0.1, 0.15) is 28.2 Å². The highest BCUT2D eigenvalue weighted by Crippen LogP contribution is 2.20. The van der Waals surface area contributed by atoms with Crippen molar-refractivity contribution in [2.45, 2.75) is 12.8 Å². The minimum Gasteiger partial charge on any atom is -0.497 e. The molecule has 3 rings (SSSR count). The zero-order valence-electron chi connectivity index (χ0n) is 15.2. The third-order valence-electron chi connectivity index (χ3n) is 4.05. The lowest BCUT2D eigenvalue weighted by molar-refractivity contribution is -0.140. The largest absolute Gasteiger partial charge is 0.497 e.